The zero-order valence-corrected chi connectivity index (χ0v) is 13.1. The fourth-order valence-electron chi connectivity index (χ4n) is 2.35. The van der Waals surface area contributed by atoms with Gasteiger partial charge in [-0.3, -0.25) is 0 Å². The molecule has 0 radical (unpaired) electrons. The molecule has 2 aromatic carbocycles. The van der Waals surface area contributed by atoms with Crippen molar-refractivity contribution < 1.29 is 14.6 Å². The Hall–Kier alpha value is -2.04. The third-order valence-electron chi connectivity index (χ3n) is 3.50. The lowest BCUT2D eigenvalue weighted by Gasteiger charge is -2.14. The SMILES string of the molecule is COc1ccc(OC)c(CNCC(O)Cc2ccccc2)c1. The lowest BCUT2D eigenvalue weighted by atomic mass is 10.1. The molecule has 22 heavy (non-hydrogen) atoms. The summed E-state index contributed by atoms with van der Waals surface area (Å²) in [7, 11) is 3.29. The van der Waals surface area contributed by atoms with Crippen molar-refractivity contribution in [1.82, 2.24) is 5.32 Å². The number of benzene rings is 2. The van der Waals surface area contributed by atoms with Crippen molar-refractivity contribution in [2.24, 2.45) is 0 Å². The maximum atomic E-state index is 10.1. The Balaban J connectivity index is 1.85. The Morgan fingerprint density at radius 3 is 2.50 bits per heavy atom. The van der Waals surface area contributed by atoms with E-state index in [4.69, 9.17) is 9.47 Å². The number of aliphatic hydroxyl groups excluding tert-OH is 1. The molecule has 1 atom stereocenters. The second-order valence-electron chi connectivity index (χ2n) is 5.15. The molecular weight excluding hydrogens is 278 g/mol. The molecule has 1 unspecified atom stereocenters. The summed E-state index contributed by atoms with van der Waals surface area (Å²) in [6.07, 6.45) is 0.224. The minimum atomic E-state index is -0.418. The average molecular weight is 301 g/mol. The van der Waals surface area contributed by atoms with Crippen molar-refractivity contribution in [1.29, 1.82) is 0 Å². The van der Waals surface area contributed by atoms with Crippen LogP contribution in [0.15, 0.2) is 48.5 Å². The van der Waals surface area contributed by atoms with Gasteiger partial charge in [0.1, 0.15) is 11.5 Å². The van der Waals surface area contributed by atoms with Crippen LogP contribution in [0.4, 0.5) is 0 Å². The molecule has 0 saturated carbocycles. The molecule has 0 amide bonds. The monoisotopic (exact) mass is 301 g/mol. The first-order chi connectivity index (χ1) is 10.7. The minimum absolute atomic E-state index is 0.418. The van der Waals surface area contributed by atoms with E-state index in [1.165, 1.54) is 0 Å². The molecule has 0 aliphatic rings. The van der Waals surface area contributed by atoms with Gasteiger partial charge in [-0.2, -0.15) is 0 Å². The lowest BCUT2D eigenvalue weighted by Crippen LogP contribution is -2.28. The van der Waals surface area contributed by atoms with E-state index in [1.807, 2.05) is 48.5 Å². The highest BCUT2D eigenvalue weighted by molar-refractivity contribution is 5.40. The molecule has 0 bridgehead atoms. The Labute approximate surface area is 131 Å². The van der Waals surface area contributed by atoms with E-state index in [2.05, 4.69) is 5.32 Å². The van der Waals surface area contributed by atoms with E-state index in [-0.39, 0.29) is 0 Å². The van der Waals surface area contributed by atoms with Gasteiger partial charge in [0.2, 0.25) is 0 Å². The summed E-state index contributed by atoms with van der Waals surface area (Å²) in [6.45, 7) is 1.14. The van der Waals surface area contributed by atoms with Crippen LogP contribution in [0, 0.1) is 0 Å². The van der Waals surface area contributed by atoms with E-state index < -0.39 is 6.10 Å². The van der Waals surface area contributed by atoms with Crippen molar-refractivity contribution in [2.75, 3.05) is 20.8 Å². The first-order valence-corrected chi connectivity index (χ1v) is 7.36. The number of hydrogen-bond acceptors (Lipinski definition) is 4. The van der Waals surface area contributed by atoms with Gasteiger partial charge in [-0.25, -0.2) is 0 Å². The standard InChI is InChI=1S/C18H23NO3/c1-21-17-8-9-18(22-2)15(11-17)12-19-13-16(20)10-14-6-4-3-5-7-14/h3-9,11,16,19-20H,10,12-13H2,1-2H3. The molecule has 0 fully saturated rings. The van der Waals surface area contributed by atoms with Crippen LogP contribution in [0.25, 0.3) is 0 Å². The topological polar surface area (TPSA) is 50.7 Å². The van der Waals surface area contributed by atoms with E-state index in [9.17, 15) is 5.11 Å². The number of ether oxygens (including phenoxy) is 2. The van der Waals surface area contributed by atoms with Crippen molar-refractivity contribution in [3.63, 3.8) is 0 Å². The molecule has 2 N–H and O–H groups in total. The predicted molar refractivity (Wildman–Crippen MR) is 87.4 cm³/mol. The molecule has 0 aromatic heterocycles. The highest BCUT2D eigenvalue weighted by Crippen LogP contribution is 2.23. The molecule has 0 spiro atoms. The van der Waals surface area contributed by atoms with Gasteiger partial charge >= 0.3 is 0 Å². The summed E-state index contributed by atoms with van der Waals surface area (Å²) in [5, 5.41) is 13.4. The Morgan fingerprint density at radius 2 is 1.82 bits per heavy atom. The highest BCUT2D eigenvalue weighted by atomic mass is 16.5. The molecule has 118 valence electrons. The summed E-state index contributed by atoms with van der Waals surface area (Å²) in [4.78, 5) is 0. The number of aliphatic hydroxyl groups is 1. The molecule has 0 aliphatic heterocycles. The van der Waals surface area contributed by atoms with E-state index >= 15 is 0 Å². The Morgan fingerprint density at radius 1 is 1.05 bits per heavy atom. The lowest BCUT2D eigenvalue weighted by molar-refractivity contribution is 0.171. The molecule has 2 aromatic rings. The molecule has 0 saturated heterocycles. The van der Waals surface area contributed by atoms with Gasteiger partial charge < -0.3 is 19.9 Å². The first-order valence-electron chi connectivity index (χ1n) is 7.36. The smallest absolute Gasteiger partial charge is 0.123 e. The van der Waals surface area contributed by atoms with Gasteiger partial charge in [-0.1, -0.05) is 30.3 Å². The Bertz CT molecular complexity index is 572. The maximum Gasteiger partial charge on any atom is 0.123 e. The van der Waals surface area contributed by atoms with Gasteiger partial charge in [0.25, 0.3) is 0 Å². The van der Waals surface area contributed by atoms with Crippen LogP contribution >= 0.6 is 0 Å². The van der Waals surface area contributed by atoms with E-state index in [1.54, 1.807) is 14.2 Å². The first kappa shape index (κ1) is 16.3. The van der Waals surface area contributed by atoms with Crippen molar-refractivity contribution in [3.05, 3.63) is 59.7 Å². The van der Waals surface area contributed by atoms with Crippen molar-refractivity contribution in [2.45, 2.75) is 19.1 Å². The summed E-state index contributed by atoms with van der Waals surface area (Å²) >= 11 is 0. The minimum Gasteiger partial charge on any atom is -0.497 e. The van der Waals surface area contributed by atoms with Crippen LogP contribution in [-0.4, -0.2) is 32.0 Å². The van der Waals surface area contributed by atoms with Crippen molar-refractivity contribution in [3.8, 4) is 11.5 Å². The van der Waals surface area contributed by atoms with Gasteiger partial charge in [0, 0.05) is 18.7 Å². The summed E-state index contributed by atoms with van der Waals surface area (Å²) in [6, 6.07) is 15.7. The van der Waals surface area contributed by atoms with Gasteiger partial charge in [-0.05, 0) is 30.2 Å². The second-order valence-corrected chi connectivity index (χ2v) is 5.15. The second kappa shape index (κ2) is 8.41. The number of methoxy groups -OCH3 is 2. The Kier molecular flexibility index (Phi) is 6.25. The highest BCUT2D eigenvalue weighted by Gasteiger charge is 2.08. The third-order valence-corrected chi connectivity index (χ3v) is 3.50. The average Bonchev–Trinajstić information content (AvgIpc) is 2.55. The van der Waals surface area contributed by atoms with Crippen LogP contribution in [-0.2, 0) is 13.0 Å². The van der Waals surface area contributed by atoms with Crippen LogP contribution in [0.5, 0.6) is 11.5 Å². The fraction of sp³-hybridized carbons (Fsp3) is 0.333. The maximum absolute atomic E-state index is 10.1. The third kappa shape index (κ3) is 4.76. The quantitative estimate of drug-likeness (QED) is 0.786. The molecule has 4 heteroatoms. The summed E-state index contributed by atoms with van der Waals surface area (Å²) < 4.78 is 10.6. The molecule has 2 rings (SSSR count). The van der Waals surface area contributed by atoms with E-state index in [0.29, 0.717) is 19.5 Å². The zero-order chi connectivity index (χ0) is 15.8. The molecule has 0 heterocycles. The molecule has 0 aliphatic carbocycles. The number of hydrogen-bond donors (Lipinski definition) is 2. The fourth-order valence-corrected chi connectivity index (χ4v) is 2.35. The summed E-state index contributed by atoms with van der Waals surface area (Å²) in [5.41, 5.74) is 2.14. The van der Waals surface area contributed by atoms with Gasteiger partial charge in [0.05, 0.1) is 20.3 Å². The van der Waals surface area contributed by atoms with Crippen LogP contribution in [0.1, 0.15) is 11.1 Å². The van der Waals surface area contributed by atoms with Crippen molar-refractivity contribution >= 4 is 0 Å². The van der Waals surface area contributed by atoms with E-state index in [0.717, 1.165) is 22.6 Å². The predicted octanol–water partition coefficient (Wildman–Crippen LogP) is 2.40. The van der Waals surface area contributed by atoms with Gasteiger partial charge in [0.15, 0.2) is 0 Å². The van der Waals surface area contributed by atoms with Gasteiger partial charge in [-0.15, -0.1) is 0 Å². The number of rotatable bonds is 8. The van der Waals surface area contributed by atoms with Crippen LogP contribution < -0.4 is 14.8 Å². The normalized spacial score (nSPS) is 12.0. The summed E-state index contributed by atoms with van der Waals surface area (Å²) in [5.74, 6) is 1.60. The molecule has 4 nitrogen and oxygen atoms in total. The van der Waals surface area contributed by atoms with Crippen LogP contribution in [0.2, 0.25) is 0 Å². The largest absolute Gasteiger partial charge is 0.497 e. The number of nitrogens with one attached hydrogen (secondary N) is 1. The zero-order valence-electron chi connectivity index (χ0n) is 13.1. The van der Waals surface area contributed by atoms with Crippen LogP contribution in [0.3, 0.4) is 0 Å². The molecular formula is C18H23NO3.